The van der Waals surface area contributed by atoms with Crippen LogP contribution in [0.2, 0.25) is 0 Å². The van der Waals surface area contributed by atoms with Crippen LogP contribution >= 0.6 is 12.4 Å². The number of carbonyl (C=O) groups excluding carboxylic acids is 1. The molecule has 3 rings (SSSR count). The maximum Gasteiger partial charge on any atom is 0.228 e. The van der Waals surface area contributed by atoms with Gasteiger partial charge in [0.15, 0.2) is 0 Å². The molecule has 1 aromatic rings. The van der Waals surface area contributed by atoms with Crippen molar-refractivity contribution in [2.24, 2.45) is 11.1 Å². The number of hydrogen-bond donors (Lipinski definition) is 1. The van der Waals surface area contributed by atoms with Crippen molar-refractivity contribution >= 4 is 24.0 Å². The summed E-state index contributed by atoms with van der Waals surface area (Å²) in [6, 6.07) is 8.24. The van der Waals surface area contributed by atoms with Crippen LogP contribution in [-0.2, 0) is 11.2 Å². The van der Waals surface area contributed by atoms with E-state index >= 15 is 0 Å². The highest BCUT2D eigenvalue weighted by molar-refractivity contribution is 5.95. The standard InChI is InChI=1S/C17H25N3O.ClH/c1-17(12-18)8-11-19(13-17)9-7-16(21)20-10-6-14-4-2-3-5-15(14)20;/h2-5H,6-13,18H2,1H3;1H. The second-order valence-electron chi connectivity index (χ2n) is 6.72. The van der Waals surface area contributed by atoms with Crippen LogP contribution in [0.5, 0.6) is 0 Å². The number of para-hydroxylation sites is 1. The third kappa shape index (κ3) is 3.45. The second-order valence-corrected chi connectivity index (χ2v) is 6.72. The topological polar surface area (TPSA) is 49.6 Å². The quantitative estimate of drug-likeness (QED) is 0.922. The van der Waals surface area contributed by atoms with E-state index in [4.69, 9.17) is 5.73 Å². The first-order chi connectivity index (χ1) is 10.1. The lowest BCUT2D eigenvalue weighted by atomic mass is 9.90. The van der Waals surface area contributed by atoms with E-state index in [9.17, 15) is 4.79 Å². The largest absolute Gasteiger partial charge is 0.330 e. The minimum absolute atomic E-state index is 0. The molecule has 1 amide bonds. The van der Waals surface area contributed by atoms with Crippen LogP contribution in [0, 0.1) is 5.41 Å². The van der Waals surface area contributed by atoms with Gasteiger partial charge in [-0.15, -0.1) is 12.4 Å². The molecule has 0 aliphatic carbocycles. The van der Waals surface area contributed by atoms with E-state index in [-0.39, 0.29) is 23.7 Å². The van der Waals surface area contributed by atoms with Crippen LogP contribution in [0.15, 0.2) is 24.3 Å². The maximum absolute atomic E-state index is 12.5. The third-order valence-corrected chi connectivity index (χ3v) is 4.96. The predicted molar refractivity (Wildman–Crippen MR) is 92.6 cm³/mol. The Morgan fingerprint density at radius 3 is 2.82 bits per heavy atom. The first-order valence-corrected chi connectivity index (χ1v) is 7.92. The normalized spacial score (nSPS) is 24.2. The Morgan fingerprint density at radius 1 is 1.32 bits per heavy atom. The fraction of sp³-hybridized carbons (Fsp3) is 0.588. The highest BCUT2D eigenvalue weighted by Gasteiger charge is 2.33. The number of halogens is 1. The Balaban J connectivity index is 0.00000176. The van der Waals surface area contributed by atoms with Crippen molar-refractivity contribution in [1.82, 2.24) is 4.90 Å². The van der Waals surface area contributed by atoms with Gasteiger partial charge in [0.2, 0.25) is 5.91 Å². The number of benzene rings is 1. The zero-order valence-corrected chi connectivity index (χ0v) is 14.1. The molecule has 5 heteroatoms. The first-order valence-electron chi connectivity index (χ1n) is 7.92. The van der Waals surface area contributed by atoms with E-state index in [1.54, 1.807) is 0 Å². The van der Waals surface area contributed by atoms with E-state index in [2.05, 4.69) is 24.0 Å². The lowest BCUT2D eigenvalue weighted by Crippen LogP contribution is -2.35. The summed E-state index contributed by atoms with van der Waals surface area (Å²) in [5, 5.41) is 0. The fourth-order valence-corrected chi connectivity index (χ4v) is 3.47. The summed E-state index contributed by atoms with van der Waals surface area (Å²) in [5.74, 6) is 0.251. The number of rotatable bonds is 4. The molecule has 1 atom stereocenters. The molecular formula is C17H26ClN3O. The van der Waals surface area contributed by atoms with Crippen LogP contribution in [-0.4, -0.2) is 43.5 Å². The summed E-state index contributed by atoms with van der Waals surface area (Å²) < 4.78 is 0. The van der Waals surface area contributed by atoms with Gasteiger partial charge in [-0.05, 0) is 43.0 Å². The molecule has 1 unspecified atom stereocenters. The number of fused-ring (bicyclic) bond motifs is 1. The van der Waals surface area contributed by atoms with Gasteiger partial charge in [-0.1, -0.05) is 25.1 Å². The molecule has 4 nitrogen and oxygen atoms in total. The molecule has 1 saturated heterocycles. The molecule has 22 heavy (non-hydrogen) atoms. The molecule has 0 saturated carbocycles. The van der Waals surface area contributed by atoms with Crippen LogP contribution in [0.4, 0.5) is 5.69 Å². The lowest BCUT2D eigenvalue weighted by molar-refractivity contribution is -0.118. The minimum Gasteiger partial charge on any atom is -0.330 e. The molecule has 0 aromatic heterocycles. The van der Waals surface area contributed by atoms with Crippen LogP contribution in [0.3, 0.4) is 0 Å². The van der Waals surface area contributed by atoms with Crippen molar-refractivity contribution in [1.29, 1.82) is 0 Å². The van der Waals surface area contributed by atoms with Crippen molar-refractivity contribution in [2.75, 3.05) is 37.6 Å². The molecule has 122 valence electrons. The van der Waals surface area contributed by atoms with E-state index in [0.29, 0.717) is 6.42 Å². The summed E-state index contributed by atoms with van der Waals surface area (Å²) in [4.78, 5) is 16.8. The van der Waals surface area contributed by atoms with Gasteiger partial charge in [-0.2, -0.15) is 0 Å². The van der Waals surface area contributed by atoms with Gasteiger partial charge in [0, 0.05) is 31.7 Å². The Labute approximate surface area is 139 Å². The Bertz CT molecular complexity index is 536. The Kier molecular flexibility index (Phi) is 5.48. The summed E-state index contributed by atoms with van der Waals surface area (Å²) >= 11 is 0. The van der Waals surface area contributed by atoms with Crippen molar-refractivity contribution in [3.05, 3.63) is 29.8 Å². The predicted octanol–water partition coefficient (Wildman–Crippen LogP) is 2.06. The van der Waals surface area contributed by atoms with E-state index < -0.39 is 0 Å². The summed E-state index contributed by atoms with van der Waals surface area (Å²) in [6.45, 7) is 6.75. The fourth-order valence-electron chi connectivity index (χ4n) is 3.47. The summed E-state index contributed by atoms with van der Waals surface area (Å²) in [5.41, 5.74) is 8.48. The Morgan fingerprint density at radius 2 is 2.09 bits per heavy atom. The van der Waals surface area contributed by atoms with Gasteiger partial charge in [0.25, 0.3) is 0 Å². The smallest absolute Gasteiger partial charge is 0.228 e. The van der Waals surface area contributed by atoms with E-state index in [1.165, 1.54) is 5.56 Å². The molecule has 2 aliphatic heterocycles. The van der Waals surface area contributed by atoms with E-state index in [1.807, 2.05) is 17.0 Å². The molecule has 2 N–H and O–H groups in total. The van der Waals surface area contributed by atoms with Gasteiger partial charge in [0.05, 0.1) is 0 Å². The molecular weight excluding hydrogens is 298 g/mol. The highest BCUT2D eigenvalue weighted by atomic mass is 35.5. The van der Waals surface area contributed by atoms with Crippen LogP contribution in [0.1, 0.15) is 25.3 Å². The van der Waals surface area contributed by atoms with Gasteiger partial charge < -0.3 is 15.5 Å². The maximum atomic E-state index is 12.5. The summed E-state index contributed by atoms with van der Waals surface area (Å²) in [6.07, 6.45) is 2.73. The molecule has 0 spiro atoms. The minimum atomic E-state index is 0. The molecule has 2 aliphatic rings. The third-order valence-electron chi connectivity index (χ3n) is 4.96. The number of carbonyl (C=O) groups is 1. The molecule has 1 aromatic carbocycles. The second kappa shape index (κ2) is 6.99. The van der Waals surface area contributed by atoms with Gasteiger partial charge >= 0.3 is 0 Å². The average Bonchev–Trinajstić information content (AvgIpc) is 3.09. The number of nitrogens with two attached hydrogens (primary N) is 1. The zero-order valence-electron chi connectivity index (χ0n) is 13.3. The SMILES string of the molecule is CC1(CN)CCN(CCC(=O)N2CCc3ccccc32)C1.Cl. The monoisotopic (exact) mass is 323 g/mol. The van der Waals surface area contributed by atoms with Crippen molar-refractivity contribution in [2.45, 2.75) is 26.2 Å². The van der Waals surface area contributed by atoms with Crippen molar-refractivity contribution in [3.8, 4) is 0 Å². The number of likely N-dealkylation sites (tertiary alicyclic amines) is 1. The van der Waals surface area contributed by atoms with E-state index in [0.717, 1.165) is 51.3 Å². The van der Waals surface area contributed by atoms with Gasteiger partial charge in [-0.25, -0.2) is 0 Å². The number of anilines is 1. The first kappa shape index (κ1) is 17.3. The van der Waals surface area contributed by atoms with Crippen LogP contribution in [0.25, 0.3) is 0 Å². The molecule has 0 bridgehead atoms. The molecule has 2 heterocycles. The zero-order chi connectivity index (χ0) is 14.9. The summed E-state index contributed by atoms with van der Waals surface area (Å²) in [7, 11) is 0. The number of nitrogens with zero attached hydrogens (tertiary/aromatic N) is 2. The van der Waals surface area contributed by atoms with Gasteiger partial charge in [0.1, 0.15) is 0 Å². The number of amides is 1. The van der Waals surface area contributed by atoms with Gasteiger partial charge in [-0.3, -0.25) is 4.79 Å². The Hall–Kier alpha value is -1.10. The lowest BCUT2D eigenvalue weighted by Gasteiger charge is -2.23. The average molecular weight is 324 g/mol. The number of hydrogen-bond acceptors (Lipinski definition) is 3. The van der Waals surface area contributed by atoms with Crippen molar-refractivity contribution in [3.63, 3.8) is 0 Å². The van der Waals surface area contributed by atoms with Crippen molar-refractivity contribution < 1.29 is 4.79 Å². The molecule has 1 fully saturated rings. The highest BCUT2D eigenvalue weighted by Crippen LogP contribution is 2.30. The molecule has 0 radical (unpaired) electrons. The van der Waals surface area contributed by atoms with Crippen LogP contribution < -0.4 is 10.6 Å².